The van der Waals surface area contributed by atoms with E-state index in [1.54, 1.807) is 19.5 Å². The number of methoxy groups -OCH3 is 1. The SMILES string of the molecule is C=C[C@@H]1C[C@]1(NC(=O)[C@@H]1C[C@@H](Oc2cc(-c3ccccc3)nc3cc(OC)ccc23)CN1C(=O)[C@@H](CC(=O)N1CCCC[C@H]1c1cccnc1)C(C)(C)C)C(=O)NS(=O)(=O)C1CC1. The van der Waals surface area contributed by atoms with Crippen molar-refractivity contribution in [3.63, 3.8) is 0 Å². The van der Waals surface area contributed by atoms with Crippen LogP contribution in [-0.2, 0) is 29.2 Å². The number of carbonyl (C=O) groups is 4. The summed E-state index contributed by atoms with van der Waals surface area (Å²) in [6, 6.07) is 19.5. The molecule has 2 saturated carbocycles. The van der Waals surface area contributed by atoms with Crippen LogP contribution in [0, 0.1) is 17.3 Å². The highest BCUT2D eigenvalue weighted by Crippen LogP contribution is 2.46. The van der Waals surface area contributed by atoms with E-state index in [0.717, 1.165) is 30.4 Å². The van der Waals surface area contributed by atoms with Gasteiger partial charge in [0.1, 0.15) is 29.2 Å². The molecule has 2 aliphatic carbocycles. The van der Waals surface area contributed by atoms with Crippen LogP contribution in [0.25, 0.3) is 22.2 Å². The highest BCUT2D eigenvalue weighted by Gasteiger charge is 2.62. The van der Waals surface area contributed by atoms with E-state index in [4.69, 9.17) is 14.5 Å². The van der Waals surface area contributed by atoms with Gasteiger partial charge in [-0.3, -0.25) is 28.9 Å². The summed E-state index contributed by atoms with van der Waals surface area (Å²) in [5.74, 6) is -2.26. The zero-order valence-electron chi connectivity index (χ0n) is 36.3. The number of hydrogen-bond acceptors (Lipinski definition) is 10. The second-order valence-corrected chi connectivity index (χ2v) is 20.4. The average molecular weight is 877 g/mol. The molecule has 4 fully saturated rings. The number of carbonyl (C=O) groups excluding carboxylic acids is 4. The summed E-state index contributed by atoms with van der Waals surface area (Å²) in [5, 5.41) is 2.94. The van der Waals surface area contributed by atoms with E-state index in [1.807, 2.05) is 92.4 Å². The first-order valence-corrected chi connectivity index (χ1v) is 23.4. The summed E-state index contributed by atoms with van der Waals surface area (Å²) >= 11 is 0. The van der Waals surface area contributed by atoms with Crippen LogP contribution in [0.2, 0.25) is 0 Å². The minimum Gasteiger partial charge on any atom is -0.497 e. The second-order valence-electron chi connectivity index (χ2n) is 18.4. The van der Waals surface area contributed by atoms with Gasteiger partial charge in [-0.15, -0.1) is 6.58 Å². The van der Waals surface area contributed by atoms with E-state index in [0.29, 0.717) is 47.5 Å². The minimum absolute atomic E-state index is 0.000494. The van der Waals surface area contributed by atoms with Crippen molar-refractivity contribution in [3.8, 4) is 22.8 Å². The molecule has 2 aromatic heterocycles. The zero-order chi connectivity index (χ0) is 44.7. The van der Waals surface area contributed by atoms with Gasteiger partial charge in [-0.2, -0.15) is 0 Å². The Morgan fingerprint density at radius 2 is 1.78 bits per heavy atom. The Hall–Kier alpha value is -5.83. The summed E-state index contributed by atoms with van der Waals surface area (Å²) in [7, 11) is -2.34. The van der Waals surface area contributed by atoms with Gasteiger partial charge in [0, 0.05) is 60.8 Å². The zero-order valence-corrected chi connectivity index (χ0v) is 37.1. The molecule has 4 aliphatic rings. The van der Waals surface area contributed by atoms with E-state index >= 15 is 4.79 Å². The van der Waals surface area contributed by atoms with Crippen molar-refractivity contribution in [2.75, 3.05) is 20.2 Å². The van der Waals surface area contributed by atoms with Crippen LogP contribution in [0.1, 0.15) is 83.7 Å². The maximum Gasteiger partial charge on any atom is 0.259 e. The molecule has 0 spiro atoms. The van der Waals surface area contributed by atoms with E-state index in [9.17, 15) is 22.8 Å². The first kappa shape index (κ1) is 43.8. The Balaban J connectivity index is 1.12. The number of nitrogens with zero attached hydrogens (tertiary/aromatic N) is 4. The van der Waals surface area contributed by atoms with Gasteiger partial charge in [-0.05, 0) is 67.7 Å². The molecular formula is C48H56N6O8S. The number of aromatic nitrogens is 2. The van der Waals surface area contributed by atoms with Crippen LogP contribution in [0.4, 0.5) is 0 Å². The number of benzene rings is 2. The minimum atomic E-state index is -3.92. The summed E-state index contributed by atoms with van der Waals surface area (Å²) in [5.41, 5.74) is 0.808. The van der Waals surface area contributed by atoms with E-state index in [1.165, 1.54) is 11.0 Å². The van der Waals surface area contributed by atoms with Crippen LogP contribution in [-0.4, -0.2) is 94.9 Å². The Morgan fingerprint density at radius 1 is 1.00 bits per heavy atom. The number of piperidine rings is 1. The maximum atomic E-state index is 15.2. The Kier molecular flexibility index (Phi) is 12.1. The van der Waals surface area contributed by atoms with Gasteiger partial charge in [0.2, 0.25) is 27.7 Å². The van der Waals surface area contributed by atoms with Gasteiger partial charge in [-0.25, -0.2) is 13.4 Å². The Bertz CT molecular complexity index is 2510. The van der Waals surface area contributed by atoms with Crippen LogP contribution in [0.15, 0.2) is 91.8 Å². The maximum absolute atomic E-state index is 15.2. The molecule has 8 rings (SSSR count). The number of rotatable bonds is 14. The van der Waals surface area contributed by atoms with Crippen molar-refractivity contribution >= 4 is 44.6 Å². The largest absolute Gasteiger partial charge is 0.497 e. The van der Waals surface area contributed by atoms with Gasteiger partial charge in [0.05, 0.1) is 42.1 Å². The summed E-state index contributed by atoms with van der Waals surface area (Å²) in [4.78, 5) is 70.7. The van der Waals surface area contributed by atoms with Crippen LogP contribution in [0.3, 0.4) is 0 Å². The lowest BCUT2D eigenvalue weighted by molar-refractivity contribution is -0.149. The number of nitrogens with one attached hydrogen (secondary N) is 2. The third-order valence-corrected chi connectivity index (χ3v) is 14.9. The van der Waals surface area contributed by atoms with Gasteiger partial charge < -0.3 is 24.6 Å². The molecule has 4 heterocycles. The van der Waals surface area contributed by atoms with Crippen molar-refractivity contribution in [1.29, 1.82) is 0 Å². The molecule has 0 radical (unpaired) electrons. The third-order valence-electron chi connectivity index (χ3n) is 13.1. The van der Waals surface area contributed by atoms with E-state index < -0.39 is 67.9 Å². The molecule has 332 valence electrons. The lowest BCUT2D eigenvalue weighted by Crippen LogP contribution is -2.57. The standard InChI is InChI=1S/C48H56N6O8S/c1-6-32-27-48(32,46(58)52-63(59,60)35-18-19-35)51-44(56)41-24-34(62-42-26-38(30-13-8-7-9-14-30)50-39-23-33(61-5)17-20-36(39)42)29-54(41)45(57)37(47(2,3)4)25-43(55)53-22-11-10-16-40(53)31-15-12-21-49-28-31/h6-9,12-15,17,20-21,23,26,28,32,34-35,37,40-41H,1,10-11,16,18-19,22,24-25,27,29H2,2-5H3,(H,51,56)(H,52,58)/t32-,34-,37-,40+,41+,48-/m1/s1. The Morgan fingerprint density at radius 3 is 2.44 bits per heavy atom. The van der Waals surface area contributed by atoms with Gasteiger partial charge >= 0.3 is 0 Å². The van der Waals surface area contributed by atoms with Crippen molar-refractivity contribution in [2.24, 2.45) is 17.3 Å². The lowest BCUT2D eigenvalue weighted by atomic mass is 9.77. The third kappa shape index (κ3) is 9.16. The average Bonchev–Trinajstić information content (AvgIpc) is 4.22. The highest BCUT2D eigenvalue weighted by molar-refractivity contribution is 7.91. The number of hydrogen-bond donors (Lipinski definition) is 2. The quantitative estimate of drug-likeness (QED) is 0.140. The first-order valence-electron chi connectivity index (χ1n) is 21.8. The van der Waals surface area contributed by atoms with Crippen molar-refractivity contribution in [2.45, 2.75) is 101 Å². The number of likely N-dealkylation sites (tertiary alicyclic amines) is 2. The van der Waals surface area contributed by atoms with E-state index in [2.05, 4.69) is 21.6 Å². The van der Waals surface area contributed by atoms with Crippen LogP contribution >= 0.6 is 0 Å². The molecule has 0 unspecified atom stereocenters. The van der Waals surface area contributed by atoms with Crippen molar-refractivity contribution in [1.82, 2.24) is 29.8 Å². The molecule has 2 aliphatic heterocycles. The molecule has 2 N–H and O–H groups in total. The molecule has 4 amide bonds. The van der Waals surface area contributed by atoms with Crippen molar-refractivity contribution in [3.05, 3.63) is 97.3 Å². The topological polar surface area (TPSA) is 177 Å². The first-order chi connectivity index (χ1) is 30.1. The summed E-state index contributed by atoms with van der Waals surface area (Å²) in [6.07, 6.45) is 7.93. The molecule has 14 nitrogen and oxygen atoms in total. The van der Waals surface area contributed by atoms with Crippen molar-refractivity contribution < 1.29 is 37.1 Å². The molecule has 2 saturated heterocycles. The lowest BCUT2D eigenvalue weighted by Gasteiger charge is -2.39. The number of ether oxygens (including phenoxy) is 2. The predicted molar refractivity (Wildman–Crippen MR) is 238 cm³/mol. The fourth-order valence-electron chi connectivity index (χ4n) is 9.14. The fourth-order valence-corrected chi connectivity index (χ4v) is 10.5. The predicted octanol–water partition coefficient (Wildman–Crippen LogP) is 6.13. The smallest absolute Gasteiger partial charge is 0.259 e. The molecule has 15 heteroatoms. The second kappa shape index (κ2) is 17.4. The summed E-state index contributed by atoms with van der Waals surface area (Å²) < 4.78 is 40.3. The van der Waals surface area contributed by atoms with Crippen LogP contribution in [0.5, 0.6) is 11.5 Å². The van der Waals surface area contributed by atoms with Gasteiger partial charge in [-0.1, -0.05) is 63.2 Å². The Labute approximate surface area is 368 Å². The normalized spacial score (nSPS) is 24.0. The number of fused-ring (bicyclic) bond motifs is 1. The molecule has 4 aromatic rings. The number of amides is 4. The number of sulfonamides is 1. The molecular weight excluding hydrogens is 821 g/mol. The van der Waals surface area contributed by atoms with E-state index in [-0.39, 0.29) is 37.8 Å². The summed E-state index contributed by atoms with van der Waals surface area (Å²) in [6.45, 7) is 10.1. The van der Waals surface area contributed by atoms with Gasteiger partial charge in [0.25, 0.3) is 5.91 Å². The molecule has 2 aromatic carbocycles. The molecule has 63 heavy (non-hydrogen) atoms. The monoisotopic (exact) mass is 876 g/mol. The van der Waals surface area contributed by atoms with Gasteiger partial charge in [0.15, 0.2) is 0 Å². The highest BCUT2D eigenvalue weighted by atomic mass is 32.2. The van der Waals surface area contributed by atoms with Crippen LogP contribution < -0.4 is 19.5 Å². The molecule has 0 bridgehead atoms. The fraction of sp³-hybridized carbons (Fsp3) is 0.458. The molecule has 6 atom stereocenters. The number of pyridine rings is 2.